The summed E-state index contributed by atoms with van der Waals surface area (Å²) in [6.07, 6.45) is -0.336. The molecule has 1 N–H and O–H groups in total. The van der Waals surface area contributed by atoms with Crippen LogP contribution in [-0.2, 0) is 4.74 Å². The van der Waals surface area contributed by atoms with Gasteiger partial charge in [-0.2, -0.15) is 0 Å². The normalized spacial score (nSPS) is 12.8. The molecule has 0 aromatic heterocycles. The molecular weight excluding hydrogens is 204 g/mol. The van der Waals surface area contributed by atoms with Crippen molar-refractivity contribution in [3.05, 3.63) is 29.8 Å². The predicted octanol–water partition coefficient (Wildman–Crippen LogP) is 2.54. The zero-order chi connectivity index (χ0) is 12.0. The van der Waals surface area contributed by atoms with Gasteiger partial charge in [0, 0.05) is 0 Å². The fraction of sp³-hybridized carbons (Fsp3) is 0.538. The zero-order valence-corrected chi connectivity index (χ0v) is 10.1. The molecule has 16 heavy (non-hydrogen) atoms. The molecule has 0 aliphatic carbocycles. The van der Waals surface area contributed by atoms with E-state index in [-0.39, 0.29) is 12.9 Å². The van der Waals surface area contributed by atoms with Crippen LogP contribution in [0.4, 0.5) is 0 Å². The number of aliphatic hydroxyl groups is 1. The van der Waals surface area contributed by atoms with Crippen molar-refractivity contribution in [1.29, 1.82) is 0 Å². The van der Waals surface area contributed by atoms with Crippen LogP contribution in [0, 0.1) is 0 Å². The average molecular weight is 224 g/mol. The van der Waals surface area contributed by atoms with Crippen molar-refractivity contribution in [1.82, 2.24) is 0 Å². The molecule has 0 saturated carbocycles. The second-order valence-electron chi connectivity index (χ2n) is 4.00. The minimum atomic E-state index is -0.336. The van der Waals surface area contributed by atoms with Gasteiger partial charge in [-0.3, -0.25) is 0 Å². The highest BCUT2D eigenvalue weighted by molar-refractivity contribution is 5.28. The van der Waals surface area contributed by atoms with Gasteiger partial charge in [-0.05, 0) is 30.5 Å². The first kappa shape index (κ1) is 13.0. The van der Waals surface area contributed by atoms with Crippen LogP contribution in [-0.4, -0.2) is 24.6 Å². The Labute approximate surface area is 97.0 Å². The fourth-order valence-corrected chi connectivity index (χ4v) is 1.38. The second kappa shape index (κ2) is 6.51. The molecule has 0 aliphatic heterocycles. The molecule has 1 rings (SSSR count). The van der Waals surface area contributed by atoms with Crippen LogP contribution in [0.1, 0.15) is 32.3 Å². The summed E-state index contributed by atoms with van der Waals surface area (Å²) in [5, 5.41) is 8.60. The smallest absolute Gasteiger partial charge is 0.197 e. The lowest BCUT2D eigenvalue weighted by atomic mass is 10.0. The highest BCUT2D eigenvalue weighted by Gasteiger charge is 2.04. The van der Waals surface area contributed by atoms with Crippen molar-refractivity contribution >= 4 is 0 Å². The maximum atomic E-state index is 8.60. The summed E-state index contributed by atoms with van der Waals surface area (Å²) in [5.41, 5.74) is 1.29. The lowest BCUT2D eigenvalue weighted by Gasteiger charge is -2.15. The summed E-state index contributed by atoms with van der Waals surface area (Å²) in [7, 11) is 0. The molecule has 0 heterocycles. The Morgan fingerprint density at radius 1 is 1.12 bits per heavy atom. The molecule has 1 aromatic carbocycles. The molecule has 1 aromatic rings. The van der Waals surface area contributed by atoms with Gasteiger partial charge < -0.3 is 14.6 Å². The van der Waals surface area contributed by atoms with Gasteiger partial charge in [-0.15, -0.1) is 0 Å². The van der Waals surface area contributed by atoms with E-state index < -0.39 is 0 Å². The molecule has 90 valence electrons. The lowest BCUT2D eigenvalue weighted by Crippen LogP contribution is -2.18. The Balaban J connectivity index is 2.48. The number of aliphatic hydroxyl groups excluding tert-OH is 1. The third kappa shape index (κ3) is 4.21. The summed E-state index contributed by atoms with van der Waals surface area (Å²) in [6.45, 7) is 6.43. The second-order valence-corrected chi connectivity index (χ2v) is 4.00. The molecule has 0 radical (unpaired) electrons. The van der Waals surface area contributed by atoms with Gasteiger partial charge in [-0.25, -0.2) is 0 Å². The molecule has 1 atom stereocenters. The number of hydrogen-bond acceptors (Lipinski definition) is 3. The number of hydrogen-bond donors (Lipinski definition) is 1. The van der Waals surface area contributed by atoms with Crippen LogP contribution < -0.4 is 4.74 Å². The topological polar surface area (TPSA) is 38.7 Å². The molecule has 0 spiro atoms. The fourth-order valence-electron chi connectivity index (χ4n) is 1.38. The number of benzene rings is 1. The van der Waals surface area contributed by atoms with E-state index in [9.17, 15) is 0 Å². The van der Waals surface area contributed by atoms with Gasteiger partial charge in [0.15, 0.2) is 6.29 Å². The molecule has 1 unspecified atom stereocenters. The van der Waals surface area contributed by atoms with Gasteiger partial charge >= 0.3 is 0 Å². The third-order valence-corrected chi connectivity index (χ3v) is 2.29. The van der Waals surface area contributed by atoms with Crippen LogP contribution in [0.5, 0.6) is 5.75 Å². The van der Waals surface area contributed by atoms with Crippen LogP contribution in [0.3, 0.4) is 0 Å². The third-order valence-electron chi connectivity index (χ3n) is 2.29. The molecule has 0 bridgehead atoms. The highest BCUT2D eigenvalue weighted by Crippen LogP contribution is 2.19. The van der Waals surface area contributed by atoms with Crippen LogP contribution in [0.2, 0.25) is 0 Å². The molecule has 0 aliphatic rings. The minimum Gasteiger partial charge on any atom is -0.465 e. The molecule has 3 heteroatoms. The van der Waals surface area contributed by atoms with E-state index in [1.54, 1.807) is 0 Å². The van der Waals surface area contributed by atoms with Gasteiger partial charge in [0.25, 0.3) is 0 Å². The monoisotopic (exact) mass is 224 g/mol. The maximum Gasteiger partial charge on any atom is 0.197 e. The first-order chi connectivity index (χ1) is 7.63. The van der Waals surface area contributed by atoms with E-state index in [4.69, 9.17) is 14.6 Å². The van der Waals surface area contributed by atoms with E-state index in [1.165, 1.54) is 5.56 Å². The van der Waals surface area contributed by atoms with Gasteiger partial charge in [-0.1, -0.05) is 26.0 Å². The molecular formula is C13H20O3. The van der Waals surface area contributed by atoms with Crippen molar-refractivity contribution in [2.75, 3.05) is 13.2 Å². The lowest BCUT2D eigenvalue weighted by molar-refractivity contribution is -0.0760. The van der Waals surface area contributed by atoms with E-state index in [0.717, 1.165) is 5.75 Å². The first-order valence-electron chi connectivity index (χ1n) is 5.62. The maximum absolute atomic E-state index is 8.60. The zero-order valence-electron chi connectivity index (χ0n) is 10.1. The number of ether oxygens (including phenoxy) is 2. The Morgan fingerprint density at radius 3 is 2.25 bits per heavy atom. The van der Waals surface area contributed by atoms with Crippen LogP contribution in [0.15, 0.2) is 24.3 Å². The van der Waals surface area contributed by atoms with Crippen molar-refractivity contribution in [2.45, 2.75) is 33.0 Å². The van der Waals surface area contributed by atoms with Crippen LogP contribution in [0.25, 0.3) is 0 Å². The Hall–Kier alpha value is -1.06. The van der Waals surface area contributed by atoms with E-state index in [2.05, 4.69) is 26.0 Å². The standard InChI is InChI=1S/C13H20O3/c1-10(2)12-4-6-13(7-5-12)16-11(3)15-9-8-14/h4-7,10-11,14H,8-9H2,1-3H3. The largest absolute Gasteiger partial charge is 0.465 e. The molecule has 0 saturated heterocycles. The highest BCUT2D eigenvalue weighted by atomic mass is 16.7. The van der Waals surface area contributed by atoms with Gasteiger partial charge in [0.2, 0.25) is 0 Å². The Kier molecular flexibility index (Phi) is 5.29. The molecule has 3 nitrogen and oxygen atoms in total. The van der Waals surface area contributed by atoms with E-state index >= 15 is 0 Å². The quantitative estimate of drug-likeness (QED) is 0.755. The van der Waals surface area contributed by atoms with Crippen LogP contribution >= 0.6 is 0 Å². The summed E-state index contributed by atoms with van der Waals surface area (Å²) in [4.78, 5) is 0. The Bertz CT molecular complexity index is 293. The minimum absolute atomic E-state index is 0.0139. The van der Waals surface area contributed by atoms with Gasteiger partial charge in [0.05, 0.1) is 13.2 Å². The summed E-state index contributed by atoms with van der Waals surface area (Å²) in [6, 6.07) is 7.99. The van der Waals surface area contributed by atoms with E-state index in [0.29, 0.717) is 12.5 Å². The van der Waals surface area contributed by atoms with Crippen molar-refractivity contribution in [3.8, 4) is 5.75 Å². The average Bonchev–Trinajstić information content (AvgIpc) is 2.27. The number of rotatable bonds is 6. The molecule has 0 amide bonds. The predicted molar refractivity (Wildman–Crippen MR) is 63.7 cm³/mol. The summed E-state index contributed by atoms with van der Waals surface area (Å²) in [5.74, 6) is 1.31. The van der Waals surface area contributed by atoms with Crippen molar-refractivity contribution < 1.29 is 14.6 Å². The first-order valence-corrected chi connectivity index (χ1v) is 5.62. The summed E-state index contributed by atoms with van der Waals surface area (Å²) >= 11 is 0. The van der Waals surface area contributed by atoms with Crippen molar-refractivity contribution in [3.63, 3.8) is 0 Å². The molecule has 0 fully saturated rings. The SMILES string of the molecule is CC(OCCO)Oc1ccc(C(C)C)cc1. The van der Waals surface area contributed by atoms with Gasteiger partial charge in [0.1, 0.15) is 5.75 Å². The summed E-state index contributed by atoms with van der Waals surface area (Å²) < 4.78 is 10.7. The van der Waals surface area contributed by atoms with Crippen molar-refractivity contribution in [2.24, 2.45) is 0 Å². The van der Waals surface area contributed by atoms with E-state index in [1.807, 2.05) is 19.1 Å². The Morgan fingerprint density at radius 2 is 1.75 bits per heavy atom.